The monoisotopic (exact) mass is 254 g/mol. The number of rotatable bonds is 3. The average Bonchev–Trinajstić information content (AvgIpc) is 2.18. The third kappa shape index (κ3) is 3.43. The number of benzene rings is 1. The van der Waals surface area contributed by atoms with Gasteiger partial charge < -0.3 is 10.8 Å². The van der Waals surface area contributed by atoms with Crippen molar-refractivity contribution >= 4 is 5.69 Å². The lowest BCUT2D eigenvalue weighted by atomic mass is 9.96. The van der Waals surface area contributed by atoms with Crippen LogP contribution < -0.4 is 11.1 Å². The number of aliphatic hydroxyl groups is 1. The molecule has 0 aliphatic heterocycles. The van der Waals surface area contributed by atoms with E-state index in [9.17, 15) is 9.50 Å². The van der Waals surface area contributed by atoms with Crippen LogP contribution in [0.5, 0.6) is 0 Å². The molecular formula is C14H23FN2O. The average molecular weight is 254 g/mol. The van der Waals surface area contributed by atoms with Gasteiger partial charge >= 0.3 is 0 Å². The normalized spacial score (nSPS) is 15.5. The minimum atomic E-state index is -1.29. The van der Waals surface area contributed by atoms with E-state index in [1.165, 1.54) is 6.07 Å². The highest BCUT2D eigenvalue weighted by Crippen LogP contribution is 2.27. The number of aryl methyl sites for hydroxylation is 1. The van der Waals surface area contributed by atoms with Gasteiger partial charge in [-0.2, -0.15) is 0 Å². The number of hydrogen-bond donors (Lipinski definition) is 3. The summed E-state index contributed by atoms with van der Waals surface area (Å²) in [7, 11) is 0. The molecule has 0 aliphatic rings. The van der Waals surface area contributed by atoms with E-state index in [2.05, 4.69) is 5.32 Å². The van der Waals surface area contributed by atoms with Gasteiger partial charge in [-0.15, -0.1) is 0 Å². The van der Waals surface area contributed by atoms with Crippen molar-refractivity contribution in [1.29, 1.82) is 0 Å². The summed E-state index contributed by atoms with van der Waals surface area (Å²) in [4.78, 5) is 0. The van der Waals surface area contributed by atoms with Gasteiger partial charge in [0, 0.05) is 11.1 Å². The zero-order valence-corrected chi connectivity index (χ0v) is 11.8. The lowest BCUT2D eigenvalue weighted by molar-refractivity contribution is -0.00447. The molecule has 0 fully saturated rings. The Hall–Kier alpha value is -1.13. The molecule has 0 amide bonds. The van der Waals surface area contributed by atoms with E-state index < -0.39 is 11.5 Å². The summed E-state index contributed by atoms with van der Waals surface area (Å²) in [6.45, 7) is 9.34. The van der Waals surface area contributed by atoms with Gasteiger partial charge in [0.1, 0.15) is 11.5 Å². The minimum absolute atomic E-state index is 0.160. The fourth-order valence-electron chi connectivity index (χ4n) is 2.05. The molecule has 1 atom stereocenters. The summed E-state index contributed by atoms with van der Waals surface area (Å²) in [6.07, 6.45) is 0.627. The maximum atomic E-state index is 13.7. The van der Waals surface area contributed by atoms with Crippen molar-refractivity contribution in [3.8, 4) is 0 Å². The molecule has 1 aromatic rings. The smallest absolute Gasteiger partial charge is 0.146 e. The van der Waals surface area contributed by atoms with Gasteiger partial charge in [0.05, 0.1) is 5.69 Å². The van der Waals surface area contributed by atoms with Crippen LogP contribution in [0.15, 0.2) is 12.1 Å². The van der Waals surface area contributed by atoms with Crippen LogP contribution in [-0.2, 0) is 12.1 Å². The molecule has 102 valence electrons. The second kappa shape index (κ2) is 4.86. The highest BCUT2D eigenvalue weighted by atomic mass is 19.1. The predicted octanol–water partition coefficient (Wildman–Crippen LogP) is 2.52. The predicted molar refractivity (Wildman–Crippen MR) is 72.6 cm³/mol. The van der Waals surface area contributed by atoms with Crippen molar-refractivity contribution < 1.29 is 9.50 Å². The summed E-state index contributed by atoms with van der Waals surface area (Å²) < 4.78 is 13.7. The fourth-order valence-corrected chi connectivity index (χ4v) is 2.05. The van der Waals surface area contributed by atoms with Crippen molar-refractivity contribution in [3.63, 3.8) is 0 Å². The van der Waals surface area contributed by atoms with E-state index in [-0.39, 0.29) is 11.2 Å². The first-order valence-corrected chi connectivity index (χ1v) is 6.17. The molecule has 0 aromatic heterocycles. The molecule has 1 aromatic carbocycles. The van der Waals surface area contributed by atoms with Crippen molar-refractivity contribution in [2.75, 3.05) is 5.73 Å². The van der Waals surface area contributed by atoms with Crippen LogP contribution >= 0.6 is 0 Å². The molecule has 0 spiro atoms. The third-order valence-corrected chi connectivity index (χ3v) is 2.78. The summed E-state index contributed by atoms with van der Waals surface area (Å²) >= 11 is 0. The van der Waals surface area contributed by atoms with Crippen molar-refractivity contribution in [1.82, 2.24) is 5.32 Å². The van der Waals surface area contributed by atoms with E-state index in [0.717, 1.165) is 0 Å². The van der Waals surface area contributed by atoms with Gasteiger partial charge in [-0.3, -0.25) is 5.32 Å². The molecule has 0 aliphatic carbocycles. The number of nitrogens with two attached hydrogens (primary N) is 1. The van der Waals surface area contributed by atoms with Crippen LogP contribution in [-0.4, -0.2) is 10.6 Å². The zero-order chi connectivity index (χ0) is 14.1. The Bertz CT molecular complexity index is 436. The standard InChI is InChI=1S/C14H23FN2O/c1-6-9-7-10(8-11(15)12(9)16)14(5,18)17-13(2,3)4/h7-8,17-18H,6,16H2,1-5H3. The van der Waals surface area contributed by atoms with Crippen molar-refractivity contribution in [2.24, 2.45) is 0 Å². The van der Waals surface area contributed by atoms with Crippen LogP contribution in [0.2, 0.25) is 0 Å². The topological polar surface area (TPSA) is 58.3 Å². The van der Waals surface area contributed by atoms with Gasteiger partial charge in [0.2, 0.25) is 0 Å². The van der Waals surface area contributed by atoms with Gasteiger partial charge in [0.25, 0.3) is 0 Å². The van der Waals surface area contributed by atoms with Gasteiger partial charge in [0.15, 0.2) is 0 Å². The maximum Gasteiger partial charge on any atom is 0.146 e. The molecule has 0 saturated carbocycles. The largest absolute Gasteiger partial charge is 0.396 e. The van der Waals surface area contributed by atoms with E-state index in [4.69, 9.17) is 5.73 Å². The Morgan fingerprint density at radius 3 is 2.28 bits per heavy atom. The van der Waals surface area contributed by atoms with E-state index in [0.29, 0.717) is 17.5 Å². The number of hydrogen-bond acceptors (Lipinski definition) is 3. The first-order chi connectivity index (χ1) is 8.07. The highest BCUT2D eigenvalue weighted by molar-refractivity contribution is 5.51. The summed E-state index contributed by atoms with van der Waals surface area (Å²) in [5.41, 5.74) is 5.43. The van der Waals surface area contributed by atoms with Crippen LogP contribution in [0.25, 0.3) is 0 Å². The van der Waals surface area contributed by atoms with E-state index in [1.807, 2.05) is 27.7 Å². The number of halogens is 1. The lowest BCUT2D eigenvalue weighted by Gasteiger charge is -2.34. The van der Waals surface area contributed by atoms with Gasteiger partial charge in [-0.25, -0.2) is 4.39 Å². The molecule has 0 saturated heterocycles. The maximum absolute atomic E-state index is 13.7. The van der Waals surface area contributed by atoms with E-state index in [1.54, 1.807) is 13.0 Å². The Balaban J connectivity index is 3.20. The van der Waals surface area contributed by atoms with Crippen LogP contribution in [0, 0.1) is 5.82 Å². The number of nitrogen functional groups attached to an aromatic ring is 1. The van der Waals surface area contributed by atoms with Crippen LogP contribution in [0.3, 0.4) is 0 Å². The minimum Gasteiger partial charge on any atom is -0.396 e. The fraction of sp³-hybridized carbons (Fsp3) is 0.571. The summed E-state index contributed by atoms with van der Waals surface area (Å²) in [5.74, 6) is -0.486. The Labute approximate surface area is 108 Å². The van der Waals surface area contributed by atoms with Crippen molar-refractivity contribution in [2.45, 2.75) is 52.3 Å². The van der Waals surface area contributed by atoms with Gasteiger partial charge in [-0.1, -0.05) is 6.92 Å². The molecule has 3 nitrogen and oxygen atoms in total. The third-order valence-electron chi connectivity index (χ3n) is 2.78. The van der Waals surface area contributed by atoms with Crippen molar-refractivity contribution in [3.05, 3.63) is 29.1 Å². The molecule has 0 bridgehead atoms. The number of nitrogens with one attached hydrogen (secondary N) is 1. The number of anilines is 1. The Morgan fingerprint density at radius 1 is 1.28 bits per heavy atom. The molecule has 0 radical (unpaired) electrons. The first-order valence-electron chi connectivity index (χ1n) is 6.17. The molecular weight excluding hydrogens is 231 g/mol. The second-order valence-corrected chi connectivity index (χ2v) is 5.83. The van der Waals surface area contributed by atoms with Crippen LogP contribution in [0.1, 0.15) is 45.7 Å². The molecule has 1 unspecified atom stereocenters. The zero-order valence-electron chi connectivity index (χ0n) is 11.8. The summed E-state index contributed by atoms with van der Waals surface area (Å²) in [6, 6.07) is 3.03. The van der Waals surface area contributed by atoms with Crippen LogP contribution in [0.4, 0.5) is 10.1 Å². The molecule has 4 heteroatoms. The summed E-state index contributed by atoms with van der Waals surface area (Å²) in [5, 5.41) is 13.5. The first kappa shape index (κ1) is 14.9. The highest BCUT2D eigenvalue weighted by Gasteiger charge is 2.29. The SMILES string of the molecule is CCc1cc(C(C)(O)NC(C)(C)C)cc(F)c1N. The van der Waals surface area contributed by atoms with Gasteiger partial charge in [-0.05, 0) is 51.8 Å². The Morgan fingerprint density at radius 2 is 1.83 bits per heavy atom. The molecule has 0 heterocycles. The lowest BCUT2D eigenvalue weighted by Crippen LogP contribution is -2.50. The quantitative estimate of drug-likeness (QED) is 0.574. The second-order valence-electron chi connectivity index (χ2n) is 5.83. The molecule has 4 N–H and O–H groups in total. The molecule has 1 rings (SSSR count). The molecule has 18 heavy (non-hydrogen) atoms. The van der Waals surface area contributed by atoms with E-state index >= 15 is 0 Å². The Kier molecular flexibility index (Phi) is 4.03.